The van der Waals surface area contributed by atoms with E-state index in [1.165, 1.54) is 0 Å². The van der Waals surface area contributed by atoms with Gasteiger partial charge in [0.05, 0.1) is 0 Å². The second kappa shape index (κ2) is 9.62. The Morgan fingerprint density at radius 1 is 0.444 bits per heavy atom. The summed E-state index contributed by atoms with van der Waals surface area (Å²) in [5.41, 5.74) is -5.99. The molecule has 1 unspecified atom stereocenters. The van der Waals surface area contributed by atoms with Crippen LogP contribution < -0.4 is 0 Å². The van der Waals surface area contributed by atoms with Crippen molar-refractivity contribution in [1.29, 1.82) is 0 Å². The topological polar surface area (TPSA) is 0 Å². The summed E-state index contributed by atoms with van der Waals surface area (Å²) in [4.78, 5) is 0. The highest BCUT2D eigenvalue weighted by Crippen LogP contribution is 2.58. The van der Waals surface area contributed by atoms with Crippen molar-refractivity contribution in [1.82, 2.24) is 0 Å². The van der Waals surface area contributed by atoms with Gasteiger partial charge in [-0.05, 0) is 12.8 Å². The van der Waals surface area contributed by atoms with Crippen LogP contribution in [-0.4, -0.2) is 29.9 Å². The number of rotatable bonds is 12. The SMILES string of the molecule is [CH2]CCCCCCCCCCC(F)(C(F)(F)F)C(F)(F)C(F)(F)C(F)(F)F. The van der Waals surface area contributed by atoms with Gasteiger partial charge in [-0.1, -0.05) is 58.3 Å². The largest absolute Gasteiger partial charge is 0.460 e. The van der Waals surface area contributed by atoms with Crippen LogP contribution in [0, 0.1) is 6.92 Å². The van der Waals surface area contributed by atoms with Crippen LogP contribution in [0.2, 0.25) is 0 Å². The van der Waals surface area contributed by atoms with Gasteiger partial charge in [-0.15, -0.1) is 0 Å². The van der Waals surface area contributed by atoms with E-state index < -0.39 is 42.7 Å². The summed E-state index contributed by atoms with van der Waals surface area (Å²) in [6.45, 7) is 3.63. The third-order valence-corrected chi connectivity index (χ3v) is 4.22. The Morgan fingerprint density at radius 2 is 0.815 bits per heavy atom. The van der Waals surface area contributed by atoms with Crippen LogP contribution in [0.15, 0.2) is 0 Å². The predicted octanol–water partition coefficient (Wildman–Crippen LogP) is 7.82. The number of alkyl halides is 11. The Balaban J connectivity index is 4.94. The second-order valence-electron chi connectivity index (χ2n) is 6.38. The van der Waals surface area contributed by atoms with Crippen LogP contribution in [0.3, 0.4) is 0 Å². The van der Waals surface area contributed by atoms with Crippen molar-refractivity contribution < 1.29 is 48.3 Å². The van der Waals surface area contributed by atoms with E-state index in [0.717, 1.165) is 25.7 Å². The lowest BCUT2D eigenvalue weighted by Crippen LogP contribution is -2.67. The molecule has 0 N–H and O–H groups in total. The predicted molar refractivity (Wildman–Crippen MR) is 77.4 cm³/mol. The highest BCUT2D eigenvalue weighted by Gasteiger charge is 2.85. The molecule has 0 spiro atoms. The lowest BCUT2D eigenvalue weighted by molar-refractivity contribution is -0.412. The van der Waals surface area contributed by atoms with Gasteiger partial charge in [-0.3, -0.25) is 0 Å². The molecule has 0 fully saturated rings. The number of unbranched alkanes of at least 4 members (excludes halogenated alkanes) is 8. The highest BCUT2D eigenvalue weighted by atomic mass is 19.4. The summed E-state index contributed by atoms with van der Waals surface area (Å²) >= 11 is 0. The van der Waals surface area contributed by atoms with Gasteiger partial charge in [0.2, 0.25) is 0 Å². The molecule has 0 bridgehead atoms. The van der Waals surface area contributed by atoms with Gasteiger partial charge in [0.1, 0.15) is 0 Å². The lowest BCUT2D eigenvalue weighted by atomic mass is 9.86. The molecule has 0 nitrogen and oxygen atoms in total. The first-order chi connectivity index (χ1) is 12.1. The standard InChI is InChI=1S/C16H22F11/c1-2-3-4-5-6-7-8-9-10-11-12(17,15(22,23)24)13(18,19)14(20,21)16(25,26)27/h1-11H2. The van der Waals surface area contributed by atoms with E-state index in [1.807, 2.05) is 0 Å². The number of hydrogen-bond donors (Lipinski definition) is 0. The third-order valence-electron chi connectivity index (χ3n) is 4.22. The molecule has 1 atom stereocenters. The highest BCUT2D eigenvalue weighted by molar-refractivity contribution is 5.08. The van der Waals surface area contributed by atoms with E-state index in [1.54, 1.807) is 0 Å². The smallest absolute Gasteiger partial charge is 0.227 e. The van der Waals surface area contributed by atoms with Gasteiger partial charge in [-0.2, -0.15) is 43.9 Å². The molecule has 0 saturated heterocycles. The van der Waals surface area contributed by atoms with Gasteiger partial charge in [0, 0.05) is 0 Å². The van der Waals surface area contributed by atoms with Gasteiger partial charge in [0.15, 0.2) is 0 Å². The maximum atomic E-state index is 14.0. The van der Waals surface area contributed by atoms with E-state index in [2.05, 4.69) is 6.92 Å². The molecule has 0 amide bonds. The Bertz CT molecular complexity index is 425. The summed E-state index contributed by atoms with van der Waals surface area (Å²) in [5, 5.41) is 0. The molecule has 0 heterocycles. The lowest BCUT2D eigenvalue weighted by Gasteiger charge is -2.39. The quantitative estimate of drug-likeness (QED) is 0.222. The fourth-order valence-electron chi connectivity index (χ4n) is 2.51. The monoisotopic (exact) mass is 423 g/mol. The van der Waals surface area contributed by atoms with Crippen LogP contribution >= 0.6 is 0 Å². The van der Waals surface area contributed by atoms with E-state index >= 15 is 0 Å². The fourth-order valence-corrected chi connectivity index (χ4v) is 2.51. The maximum Gasteiger partial charge on any atom is 0.460 e. The van der Waals surface area contributed by atoms with Crippen molar-refractivity contribution in [3.63, 3.8) is 0 Å². The second-order valence-corrected chi connectivity index (χ2v) is 6.38. The average molecular weight is 423 g/mol. The molecular formula is C16H22F11. The number of hydrogen-bond acceptors (Lipinski definition) is 0. The molecule has 1 radical (unpaired) electrons. The summed E-state index contributed by atoms with van der Waals surface area (Å²) in [7, 11) is 0. The molecule has 0 aromatic carbocycles. The Morgan fingerprint density at radius 3 is 1.15 bits per heavy atom. The Kier molecular flexibility index (Phi) is 9.35. The van der Waals surface area contributed by atoms with Crippen LogP contribution in [0.4, 0.5) is 48.3 Å². The molecule has 0 aromatic rings. The van der Waals surface area contributed by atoms with Gasteiger partial charge in [-0.25, -0.2) is 4.39 Å². The first-order valence-electron chi connectivity index (χ1n) is 8.43. The van der Waals surface area contributed by atoms with Gasteiger partial charge >= 0.3 is 24.2 Å². The van der Waals surface area contributed by atoms with Crippen molar-refractivity contribution in [3.05, 3.63) is 6.92 Å². The maximum absolute atomic E-state index is 14.0. The summed E-state index contributed by atoms with van der Waals surface area (Å²) < 4.78 is 141. The minimum atomic E-state index is -7.17. The minimum absolute atomic E-state index is 0.204. The number of halogens is 11. The van der Waals surface area contributed by atoms with E-state index in [4.69, 9.17) is 0 Å². The molecule has 0 saturated carbocycles. The minimum Gasteiger partial charge on any atom is -0.227 e. The van der Waals surface area contributed by atoms with Crippen molar-refractivity contribution in [3.8, 4) is 0 Å². The molecule has 163 valence electrons. The van der Waals surface area contributed by atoms with Crippen LogP contribution in [0.1, 0.15) is 64.2 Å². The Hall–Kier alpha value is -0.770. The summed E-state index contributed by atoms with van der Waals surface area (Å²) in [6.07, 6.45) is -12.2. The summed E-state index contributed by atoms with van der Waals surface area (Å²) in [6, 6.07) is 0. The fraction of sp³-hybridized carbons (Fsp3) is 0.938. The zero-order valence-corrected chi connectivity index (χ0v) is 14.4. The van der Waals surface area contributed by atoms with Crippen LogP contribution in [0.25, 0.3) is 0 Å². The molecule has 0 aliphatic carbocycles. The first-order valence-corrected chi connectivity index (χ1v) is 8.43. The molecule has 0 aliphatic heterocycles. The van der Waals surface area contributed by atoms with Crippen molar-refractivity contribution >= 4 is 0 Å². The van der Waals surface area contributed by atoms with Gasteiger partial charge in [0.25, 0.3) is 5.67 Å². The van der Waals surface area contributed by atoms with E-state index in [-0.39, 0.29) is 12.8 Å². The third kappa shape index (κ3) is 6.10. The van der Waals surface area contributed by atoms with Crippen LogP contribution in [-0.2, 0) is 0 Å². The molecule has 0 aromatic heterocycles. The zero-order chi connectivity index (χ0) is 21.6. The van der Waals surface area contributed by atoms with E-state index in [9.17, 15) is 48.3 Å². The molecular weight excluding hydrogens is 401 g/mol. The molecule has 27 heavy (non-hydrogen) atoms. The first kappa shape index (κ1) is 26.2. The van der Waals surface area contributed by atoms with Crippen molar-refractivity contribution in [2.75, 3.05) is 0 Å². The average Bonchev–Trinajstić information content (AvgIpc) is 2.50. The Labute approximate surface area is 150 Å². The van der Waals surface area contributed by atoms with Crippen molar-refractivity contribution in [2.45, 2.75) is 94.1 Å². The molecule has 11 heteroatoms. The zero-order valence-electron chi connectivity index (χ0n) is 14.4. The van der Waals surface area contributed by atoms with Gasteiger partial charge < -0.3 is 0 Å². The normalized spacial score (nSPS) is 16.4. The molecule has 0 aliphatic rings. The summed E-state index contributed by atoms with van der Waals surface area (Å²) in [5.74, 6) is -14.2. The van der Waals surface area contributed by atoms with Crippen molar-refractivity contribution in [2.24, 2.45) is 0 Å². The van der Waals surface area contributed by atoms with Crippen LogP contribution in [0.5, 0.6) is 0 Å². The molecule has 0 rings (SSSR count). The van der Waals surface area contributed by atoms with E-state index in [0.29, 0.717) is 12.8 Å².